The van der Waals surface area contributed by atoms with Crippen LogP contribution in [0.3, 0.4) is 0 Å². The first-order valence-electron chi connectivity index (χ1n) is 6.70. The highest BCUT2D eigenvalue weighted by atomic mass is 19.4. The van der Waals surface area contributed by atoms with Crippen LogP contribution in [-0.2, 0) is 9.53 Å². The van der Waals surface area contributed by atoms with Crippen molar-refractivity contribution in [3.63, 3.8) is 0 Å². The van der Waals surface area contributed by atoms with E-state index in [1.807, 2.05) is 6.92 Å². The zero-order valence-electron chi connectivity index (χ0n) is 11.8. The molecule has 0 spiro atoms. The van der Waals surface area contributed by atoms with Crippen LogP contribution >= 0.6 is 0 Å². The van der Waals surface area contributed by atoms with Gasteiger partial charge in [0.15, 0.2) is 0 Å². The summed E-state index contributed by atoms with van der Waals surface area (Å²) in [4.78, 5) is 11.3. The monoisotopic (exact) mass is 280 g/mol. The highest BCUT2D eigenvalue weighted by molar-refractivity contribution is 5.87. The number of carbonyl (C=O) groups is 1. The number of unbranched alkanes of at least 4 members (excludes halogenated alkanes) is 1. The molecule has 0 aliphatic rings. The molecule has 1 unspecified atom stereocenters. The van der Waals surface area contributed by atoms with Gasteiger partial charge in [0.1, 0.15) is 0 Å². The van der Waals surface area contributed by atoms with Crippen molar-refractivity contribution in [1.82, 2.24) is 0 Å². The van der Waals surface area contributed by atoms with Crippen molar-refractivity contribution in [2.45, 2.75) is 59.1 Å². The largest absolute Gasteiger partial charge is 0.463 e. The summed E-state index contributed by atoms with van der Waals surface area (Å²) in [6.45, 7) is 5.48. The molecule has 112 valence electrons. The van der Waals surface area contributed by atoms with Gasteiger partial charge in [-0.15, -0.1) is 0 Å². The predicted molar refractivity (Wildman–Crippen MR) is 68.7 cm³/mol. The minimum atomic E-state index is -4.15. The summed E-state index contributed by atoms with van der Waals surface area (Å²) >= 11 is 0. The molecule has 0 aromatic heterocycles. The molecule has 0 rings (SSSR count). The van der Waals surface area contributed by atoms with Crippen LogP contribution in [0.25, 0.3) is 0 Å². The van der Waals surface area contributed by atoms with Gasteiger partial charge in [0.05, 0.1) is 6.61 Å². The maximum absolute atomic E-state index is 12.4. The van der Waals surface area contributed by atoms with E-state index in [-0.39, 0.29) is 13.0 Å². The molecule has 19 heavy (non-hydrogen) atoms. The average molecular weight is 280 g/mol. The smallest absolute Gasteiger partial charge is 0.389 e. The Balaban J connectivity index is 4.46. The van der Waals surface area contributed by atoms with Crippen molar-refractivity contribution in [2.24, 2.45) is 5.92 Å². The number of halogens is 3. The van der Waals surface area contributed by atoms with E-state index in [0.29, 0.717) is 12.0 Å². The lowest BCUT2D eigenvalue weighted by molar-refractivity contribution is -0.144. The maximum Gasteiger partial charge on any atom is 0.389 e. The van der Waals surface area contributed by atoms with E-state index >= 15 is 0 Å². The summed E-state index contributed by atoms with van der Waals surface area (Å²) in [6, 6.07) is 0. The molecule has 1 atom stereocenters. The van der Waals surface area contributed by atoms with Crippen LogP contribution < -0.4 is 0 Å². The van der Waals surface area contributed by atoms with Gasteiger partial charge in [0.2, 0.25) is 0 Å². The van der Waals surface area contributed by atoms with Crippen LogP contribution in [0.2, 0.25) is 0 Å². The number of esters is 1. The summed E-state index contributed by atoms with van der Waals surface area (Å²) in [5, 5.41) is 0. The molecule has 0 fully saturated rings. The van der Waals surface area contributed by atoms with Crippen LogP contribution in [0.4, 0.5) is 13.2 Å². The van der Waals surface area contributed by atoms with Gasteiger partial charge in [-0.3, -0.25) is 0 Å². The first-order valence-corrected chi connectivity index (χ1v) is 6.70. The fourth-order valence-corrected chi connectivity index (χ4v) is 1.80. The number of ether oxygens (including phenoxy) is 1. The Kier molecular flexibility index (Phi) is 8.52. The minimum Gasteiger partial charge on any atom is -0.463 e. The summed E-state index contributed by atoms with van der Waals surface area (Å²) in [5.74, 6) is -0.909. The van der Waals surface area contributed by atoms with Gasteiger partial charge in [-0.1, -0.05) is 25.8 Å². The summed E-state index contributed by atoms with van der Waals surface area (Å²) in [7, 11) is 0. The van der Waals surface area contributed by atoms with E-state index in [1.165, 1.54) is 0 Å². The number of rotatable bonds is 8. The molecular formula is C14H23F3O2. The van der Waals surface area contributed by atoms with Gasteiger partial charge < -0.3 is 4.74 Å². The van der Waals surface area contributed by atoms with Gasteiger partial charge in [-0.05, 0) is 32.6 Å². The molecule has 0 saturated heterocycles. The average Bonchev–Trinajstić information content (AvgIpc) is 2.30. The lowest BCUT2D eigenvalue weighted by atomic mass is 9.94. The van der Waals surface area contributed by atoms with Crippen molar-refractivity contribution in [1.29, 1.82) is 0 Å². The normalized spacial score (nSPS) is 14.3. The van der Waals surface area contributed by atoms with Crippen LogP contribution in [0.15, 0.2) is 11.6 Å². The van der Waals surface area contributed by atoms with Crippen molar-refractivity contribution in [3.05, 3.63) is 11.6 Å². The highest BCUT2D eigenvalue weighted by Crippen LogP contribution is 2.30. The number of hydrogen-bond donors (Lipinski definition) is 0. The standard InChI is InChI=1S/C14H23F3O2/c1-4-6-7-12(10-14(15,16)17)9-8-11(3)13(18)19-5-2/h8,12H,4-7,9-10H2,1-3H3. The molecular weight excluding hydrogens is 257 g/mol. The van der Waals surface area contributed by atoms with Crippen molar-refractivity contribution >= 4 is 5.97 Å². The zero-order chi connectivity index (χ0) is 14.9. The topological polar surface area (TPSA) is 26.3 Å². The van der Waals surface area contributed by atoms with E-state index in [4.69, 9.17) is 4.74 Å². The Hall–Kier alpha value is -1.00. The first kappa shape index (κ1) is 18.0. The number of alkyl halides is 3. The molecule has 0 aliphatic heterocycles. The van der Waals surface area contributed by atoms with E-state index in [1.54, 1.807) is 19.9 Å². The summed E-state index contributed by atoms with van der Waals surface area (Å²) < 4.78 is 42.1. The Labute approximate surface area is 113 Å². The predicted octanol–water partition coefficient (Wildman–Crippen LogP) is 4.64. The van der Waals surface area contributed by atoms with Crippen molar-refractivity contribution < 1.29 is 22.7 Å². The number of hydrogen-bond acceptors (Lipinski definition) is 2. The highest BCUT2D eigenvalue weighted by Gasteiger charge is 2.31. The van der Waals surface area contributed by atoms with Gasteiger partial charge in [0.25, 0.3) is 0 Å². The molecule has 0 bridgehead atoms. The molecule has 0 amide bonds. The van der Waals surface area contributed by atoms with E-state index < -0.39 is 24.5 Å². The second kappa shape index (κ2) is 8.99. The third-order valence-electron chi connectivity index (χ3n) is 2.84. The number of allylic oxidation sites excluding steroid dienone is 1. The SMILES string of the molecule is CCCCC(CC=C(C)C(=O)OCC)CC(F)(F)F. The van der Waals surface area contributed by atoms with Crippen LogP contribution in [0, 0.1) is 5.92 Å². The minimum absolute atomic E-state index is 0.268. The van der Waals surface area contributed by atoms with Crippen molar-refractivity contribution in [3.8, 4) is 0 Å². The lowest BCUT2D eigenvalue weighted by Crippen LogP contribution is -2.15. The molecule has 0 aromatic rings. The third kappa shape index (κ3) is 9.56. The fraction of sp³-hybridized carbons (Fsp3) is 0.786. The molecule has 0 radical (unpaired) electrons. The quantitative estimate of drug-likeness (QED) is 0.478. The fourth-order valence-electron chi connectivity index (χ4n) is 1.80. The lowest BCUT2D eigenvalue weighted by Gasteiger charge is -2.17. The van der Waals surface area contributed by atoms with Gasteiger partial charge in [-0.25, -0.2) is 4.79 Å². The Bertz CT molecular complexity index is 296. The second-order valence-corrected chi connectivity index (χ2v) is 4.67. The number of carbonyl (C=O) groups excluding carboxylic acids is 1. The van der Waals surface area contributed by atoms with E-state index in [9.17, 15) is 18.0 Å². The molecule has 5 heteroatoms. The summed E-state index contributed by atoms with van der Waals surface area (Å²) in [5.41, 5.74) is 0.380. The summed E-state index contributed by atoms with van der Waals surface area (Å²) in [6.07, 6.45) is -0.942. The molecule has 0 saturated carbocycles. The van der Waals surface area contributed by atoms with Crippen molar-refractivity contribution in [2.75, 3.05) is 6.61 Å². The molecule has 0 heterocycles. The molecule has 0 N–H and O–H groups in total. The molecule has 0 aromatic carbocycles. The van der Waals surface area contributed by atoms with E-state index in [2.05, 4.69) is 0 Å². The van der Waals surface area contributed by atoms with E-state index in [0.717, 1.165) is 12.8 Å². The second-order valence-electron chi connectivity index (χ2n) is 4.67. The van der Waals surface area contributed by atoms with Crippen LogP contribution in [-0.4, -0.2) is 18.8 Å². The third-order valence-corrected chi connectivity index (χ3v) is 2.84. The maximum atomic E-state index is 12.4. The first-order chi connectivity index (χ1) is 8.80. The van der Waals surface area contributed by atoms with Gasteiger partial charge >= 0.3 is 12.1 Å². The van der Waals surface area contributed by atoms with Gasteiger partial charge in [-0.2, -0.15) is 13.2 Å². The Morgan fingerprint density at radius 2 is 1.95 bits per heavy atom. The van der Waals surface area contributed by atoms with Gasteiger partial charge in [0, 0.05) is 12.0 Å². The zero-order valence-corrected chi connectivity index (χ0v) is 11.8. The van der Waals surface area contributed by atoms with Crippen LogP contribution in [0.5, 0.6) is 0 Å². The molecule has 0 aliphatic carbocycles. The Morgan fingerprint density at radius 1 is 1.32 bits per heavy atom. The molecule has 2 nitrogen and oxygen atoms in total. The Morgan fingerprint density at radius 3 is 2.42 bits per heavy atom. The van der Waals surface area contributed by atoms with Crippen LogP contribution in [0.1, 0.15) is 52.9 Å².